The van der Waals surface area contributed by atoms with E-state index in [2.05, 4.69) is 4.99 Å². The van der Waals surface area contributed by atoms with Crippen molar-refractivity contribution in [2.24, 2.45) is 4.99 Å². The molecule has 8 heteroatoms. The Bertz CT molecular complexity index is 808. The molecular weight excluding hydrogens is 351 g/mol. The summed E-state index contributed by atoms with van der Waals surface area (Å²) in [5.41, 5.74) is 1.06. The van der Waals surface area contributed by atoms with Crippen LogP contribution in [0.1, 0.15) is 25.3 Å². The maximum absolute atomic E-state index is 14.0. The first kappa shape index (κ1) is 17.4. The van der Waals surface area contributed by atoms with Crippen molar-refractivity contribution >= 4 is 38.4 Å². The molecule has 5 nitrogen and oxygen atoms in total. The molecule has 130 valence electrons. The van der Waals surface area contributed by atoms with E-state index in [1.165, 1.54) is 17.8 Å². The van der Waals surface area contributed by atoms with Crippen molar-refractivity contribution in [2.75, 3.05) is 16.4 Å². The fraction of sp³-hybridized carbons (Fsp3) is 0.500. The van der Waals surface area contributed by atoms with Crippen LogP contribution in [0.25, 0.3) is 0 Å². The van der Waals surface area contributed by atoms with Gasteiger partial charge in [-0.15, -0.1) is 0 Å². The van der Waals surface area contributed by atoms with Gasteiger partial charge in [-0.2, -0.15) is 4.99 Å². The van der Waals surface area contributed by atoms with Crippen molar-refractivity contribution < 1.29 is 17.6 Å². The third-order valence-corrected chi connectivity index (χ3v) is 7.39. The summed E-state index contributed by atoms with van der Waals surface area (Å²) in [5, 5.41) is 0.300. The van der Waals surface area contributed by atoms with Gasteiger partial charge < -0.3 is 4.90 Å². The van der Waals surface area contributed by atoms with E-state index in [1.807, 2.05) is 6.92 Å². The molecule has 24 heavy (non-hydrogen) atoms. The molecule has 3 rings (SSSR count). The van der Waals surface area contributed by atoms with Crippen molar-refractivity contribution in [2.45, 2.75) is 38.0 Å². The SMILES string of the molecule is CCCC(=O)N=C1S[C@@H]2CS(=O)(=O)C[C@@H]2N1c1ccc(C)c(F)c1. The van der Waals surface area contributed by atoms with E-state index >= 15 is 0 Å². The van der Waals surface area contributed by atoms with E-state index in [1.54, 1.807) is 24.0 Å². The minimum absolute atomic E-state index is 0.00114. The van der Waals surface area contributed by atoms with Crippen LogP contribution in [0, 0.1) is 12.7 Å². The van der Waals surface area contributed by atoms with E-state index in [-0.39, 0.29) is 34.5 Å². The number of rotatable bonds is 3. The molecule has 2 fully saturated rings. The summed E-state index contributed by atoms with van der Waals surface area (Å²) in [4.78, 5) is 17.8. The smallest absolute Gasteiger partial charge is 0.248 e. The van der Waals surface area contributed by atoms with Crippen molar-refractivity contribution in [1.82, 2.24) is 0 Å². The lowest BCUT2D eigenvalue weighted by Gasteiger charge is -2.24. The largest absolute Gasteiger partial charge is 0.315 e. The number of nitrogens with zero attached hydrogens (tertiary/aromatic N) is 2. The normalized spacial score (nSPS) is 26.8. The van der Waals surface area contributed by atoms with Gasteiger partial charge in [0.05, 0.1) is 17.5 Å². The topological polar surface area (TPSA) is 66.8 Å². The molecule has 2 atom stereocenters. The number of halogens is 1. The Morgan fingerprint density at radius 1 is 1.42 bits per heavy atom. The Kier molecular flexibility index (Phi) is 4.70. The summed E-state index contributed by atoms with van der Waals surface area (Å²) < 4.78 is 37.9. The first-order valence-electron chi connectivity index (χ1n) is 7.84. The summed E-state index contributed by atoms with van der Waals surface area (Å²) in [6.45, 7) is 3.56. The molecule has 0 aromatic heterocycles. The molecule has 0 unspecified atom stereocenters. The van der Waals surface area contributed by atoms with Gasteiger partial charge in [0.1, 0.15) is 5.82 Å². The van der Waals surface area contributed by atoms with Crippen LogP contribution in [-0.2, 0) is 14.6 Å². The van der Waals surface area contributed by atoms with Crippen molar-refractivity contribution in [3.8, 4) is 0 Å². The van der Waals surface area contributed by atoms with E-state index in [9.17, 15) is 17.6 Å². The van der Waals surface area contributed by atoms with Gasteiger partial charge in [-0.3, -0.25) is 4.79 Å². The second-order valence-corrected chi connectivity index (χ2v) is 9.50. The van der Waals surface area contributed by atoms with Gasteiger partial charge in [-0.25, -0.2) is 12.8 Å². The number of fused-ring (bicyclic) bond motifs is 1. The number of benzene rings is 1. The molecule has 1 amide bonds. The third-order valence-electron chi connectivity index (χ3n) is 4.18. The highest BCUT2D eigenvalue weighted by molar-refractivity contribution is 8.16. The predicted octanol–water partition coefficient (Wildman–Crippen LogP) is 2.54. The van der Waals surface area contributed by atoms with Crippen molar-refractivity contribution in [3.63, 3.8) is 0 Å². The number of anilines is 1. The van der Waals surface area contributed by atoms with Crippen LogP contribution >= 0.6 is 11.8 Å². The summed E-state index contributed by atoms with van der Waals surface area (Å²) in [6.07, 6.45) is 1.04. The lowest BCUT2D eigenvalue weighted by atomic mass is 10.1. The number of aliphatic imine (C=N–C) groups is 1. The van der Waals surface area contributed by atoms with E-state index in [0.29, 0.717) is 29.3 Å². The maximum Gasteiger partial charge on any atom is 0.248 e. The fourth-order valence-corrected chi connectivity index (χ4v) is 6.91. The molecule has 2 heterocycles. The fourth-order valence-electron chi connectivity index (χ4n) is 2.97. The minimum Gasteiger partial charge on any atom is -0.315 e. The van der Waals surface area contributed by atoms with Crippen LogP contribution in [0.4, 0.5) is 10.1 Å². The second-order valence-electron chi connectivity index (χ2n) is 6.14. The maximum atomic E-state index is 14.0. The molecular formula is C16H19FN2O3S2. The number of thioether (sulfide) groups is 1. The van der Waals surface area contributed by atoms with Crippen LogP contribution in [-0.4, -0.2) is 42.3 Å². The molecule has 1 aromatic carbocycles. The first-order chi connectivity index (χ1) is 11.3. The zero-order valence-corrected chi connectivity index (χ0v) is 15.2. The number of sulfone groups is 1. The number of carbonyl (C=O) groups excluding carboxylic acids is 1. The average molecular weight is 370 g/mol. The van der Waals surface area contributed by atoms with Gasteiger partial charge in [-0.05, 0) is 31.0 Å². The molecule has 1 aromatic rings. The first-order valence-corrected chi connectivity index (χ1v) is 10.5. The highest BCUT2D eigenvalue weighted by Gasteiger charge is 2.49. The highest BCUT2D eigenvalue weighted by Crippen LogP contribution is 2.41. The van der Waals surface area contributed by atoms with E-state index in [4.69, 9.17) is 0 Å². The third kappa shape index (κ3) is 3.35. The Morgan fingerprint density at radius 2 is 2.17 bits per heavy atom. The van der Waals surface area contributed by atoms with E-state index in [0.717, 1.165) is 0 Å². The van der Waals surface area contributed by atoms with Gasteiger partial charge in [-0.1, -0.05) is 24.8 Å². The van der Waals surface area contributed by atoms with Gasteiger partial charge >= 0.3 is 0 Å². The number of hydrogen-bond donors (Lipinski definition) is 0. The summed E-state index contributed by atoms with van der Waals surface area (Å²) in [7, 11) is -3.12. The molecule has 0 radical (unpaired) electrons. The van der Waals surface area contributed by atoms with Gasteiger partial charge in [0.25, 0.3) is 0 Å². The Labute approximate surface area is 145 Å². The molecule has 0 aliphatic carbocycles. The molecule has 0 N–H and O–H groups in total. The Balaban J connectivity index is 2.01. The average Bonchev–Trinajstić information content (AvgIpc) is 2.93. The number of hydrogen-bond acceptors (Lipinski definition) is 4. The van der Waals surface area contributed by atoms with E-state index < -0.39 is 9.84 Å². The molecule has 2 aliphatic heterocycles. The summed E-state index contributed by atoms with van der Waals surface area (Å²) in [5.74, 6) is -0.531. The van der Waals surface area contributed by atoms with Gasteiger partial charge in [0, 0.05) is 17.4 Å². The highest BCUT2D eigenvalue weighted by atomic mass is 32.2. The second kappa shape index (κ2) is 6.48. The predicted molar refractivity (Wildman–Crippen MR) is 94.8 cm³/mol. The number of amidine groups is 1. The monoisotopic (exact) mass is 370 g/mol. The number of amides is 1. The lowest BCUT2D eigenvalue weighted by molar-refractivity contribution is -0.117. The molecule has 2 saturated heterocycles. The van der Waals surface area contributed by atoms with Gasteiger partial charge in [0.2, 0.25) is 5.91 Å². The molecule has 2 aliphatic rings. The van der Waals surface area contributed by atoms with Crippen LogP contribution in [0.15, 0.2) is 23.2 Å². The lowest BCUT2D eigenvalue weighted by Crippen LogP contribution is -2.37. The minimum atomic E-state index is -3.12. The number of carbonyl (C=O) groups is 1. The number of aryl methyl sites for hydroxylation is 1. The summed E-state index contributed by atoms with van der Waals surface area (Å²) in [6, 6.07) is 4.46. The standard InChI is InChI=1S/C16H19FN2O3S2/c1-3-4-15(20)18-16-19(11-6-5-10(2)12(17)7-11)13-8-24(21,22)9-14(13)23-16/h5-7,13-14H,3-4,8-9H2,1-2H3/t13-,14+/m0/s1. The van der Waals surface area contributed by atoms with Crippen molar-refractivity contribution in [3.05, 3.63) is 29.6 Å². The summed E-state index contributed by atoms with van der Waals surface area (Å²) >= 11 is 1.30. The van der Waals surface area contributed by atoms with Gasteiger partial charge in [0.15, 0.2) is 15.0 Å². The van der Waals surface area contributed by atoms with Crippen LogP contribution in [0.3, 0.4) is 0 Å². The molecule has 0 saturated carbocycles. The molecule has 0 bridgehead atoms. The zero-order chi connectivity index (χ0) is 17.5. The Hall–Kier alpha value is -1.41. The quantitative estimate of drug-likeness (QED) is 0.818. The zero-order valence-electron chi connectivity index (χ0n) is 13.5. The molecule has 0 spiro atoms. The van der Waals surface area contributed by atoms with Crippen molar-refractivity contribution in [1.29, 1.82) is 0 Å². The van der Waals surface area contributed by atoms with Crippen LogP contribution in [0.5, 0.6) is 0 Å². The Morgan fingerprint density at radius 3 is 2.83 bits per heavy atom. The van der Waals surface area contributed by atoms with Crippen LogP contribution < -0.4 is 4.90 Å². The van der Waals surface area contributed by atoms with Crippen LogP contribution in [0.2, 0.25) is 0 Å².